The molecule has 0 spiro atoms. The molecule has 0 saturated carbocycles. The van der Waals surface area contributed by atoms with E-state index in [1.54, 1.807) is 36.4 Å². The zero-order valence-electron chi connectivity index (χ0n) is 13.5. The number of amides is 1. The van der Waals surface area contributed by atoms with Gasteiger partial charge in [0.15, 0.2) is 0 Å². The van der Waals surface area contributed by atoms with Crippen molar-refractivity contribution in [2.45, 2.75) is 0 Å². The Morgan fingerprint density at radius 1 is 1.16 bits per heavy atom. The zero-order valence-corrected chi connectivity index (χ0v) is 15.0. The van der Waals surface area contributed by atoms with E-state index >= 15 is 0 Å². The number of benzene rings is 2. The van der Waals surface area contributed by atoms with Gasteiger partial charge >= 0.3 is 0 Å². The third-order valence-corrected chi connectivity index (χ3v) is 3.93. The van der Waals surface area contributed by atoms with E-state index in [-0.39, 0.29) is 21.3 Å². The number of halogens is 2. The third-order valence-electron chi connectivity index (χ3n) is 3.30. The van der Waals surface area contributed by atoms with E-state index in [1.807, 2.05) is 6.07 Å². The molecule has 0 unspecified atom stereocenters. The number of nitrogens with one attached hydrogen (secondary N) is 1. The second kappa shape index (κ2) is 8.43. The summed E-state index contributed by atoms with van der Waals surface area (Å²) in [5.41, 5.74) is 0.635. The standard InChI is InChI=1S/C18H14Cl2N2O3/c1-24-13-6-7-16(25-2)11(9-13)8-12(10-21)18(23)22-17-14(19)4-3-5-15(17)20/h3-9H,1-2H3,(H,22,23)/b12-8+. The van der Waals surface area contributed by atoms with Crippen LogP contribution in [0.4, 0.5) is 5.69 Å². The minimum atomic E-state index is -0.637. The van der Waals surface area contributed by atoms with Crippen molar-refractivity contribution in [1.82, 2.24) is 0 Å². The van der Waals surface area contributed by atoms with Gasteiger partial charge < -0.3 is 14.8 Å². The molecular formula is C18H14Cl2N2O3. The number of carbonyl (C=O) groups excluding carboxylic acids is 1. The minimum absolute atomic E-state index is 0.137. The largest absolute Gasteiger partial charge is 0.497 e. The first-order chi connectivity index (χ1) is 12.0. The second-order valence-electron chi connectivity index (χ2n) is 4.83. The molecule has 2 rings (SSSR count). The fourth-order valence-corrected chi connectivity index (χ4v) is 2.55. The van der Waals surface area contributed by atoms with Gasteiger partial charge in [-0.15, -0.1) is 0 Å². The molecule has 2 aromatic rings. The SMILES string of the molecule is COc1ccc(OC)c(/C=C(\C#N)C(=O)Nc2c(Cl)cccc2Cl)c1. The van der Waals surface area contributed by atoms with Crippen LogP contribution >= 0.6 is 23.2 Å². The Hall–Kier alpha value is -2.68. The number of anilines is 1. The normalized spacial score (nSPS) is 10.8. The highest BCUT2D eigenvalue weighted by molar-refractivity contribution is 6.40. The number of rotatable bonds is 5. The van der Waals surface area contributed by atoms with E-state index < -0.39 is 5.91 Å². The Labute approximate surface area is 155 Å². The zero-order chi connectivity index (χ0) is 18.4. The van der Waals surface area contributed by atoms with Gasteiger partial charge in [-0.3, -0.25) is 4.79 Å². The lowest BCUT2D eigenvalue weighted by atomic mass is 10.1. The molecule has 1 N–H and O–H groups in total. The van der Waals surface area contributed by atoms with Crippen LogP contribution in [0.2, 0.25) is 10.0 Å². The maximum absolute atomic E-state index is 12.4. The Morgan fingerprint density at radius 3 is 2.40 bits per heavy atom. The molecule has 0 aliphatic heterocycles. The van der Waals surface area contributed by atoms with Gasteiger partial charge in [-0.25, -0.2) is 0 Å². The van der Waals surface area contributed by atoms with E-state index in [2.05, 4.69) is 5.32 Å². The molecule has 0 aromatic heterocycles. The molecule has 0 bridgehead atoms. The summed E-state index contributed by atoms with van der Waals surface area (Å²) in [4.78, 5) is 12.4. The van der Waals surface area contributed by atoms with Crippen LogP contribution in [-0.4, -0.2) is 20.1 Å². The van der Waals surface area contributed by atoms with Crippen LogP contribution in [0.5, 0.6) is 11.5 Å². The van der Waals surface area contributed by atoms with Crippen LogP contribution in [0, 0.1) is 11.3 Å². The van der Waals surface area contributed by atoms with Gasteiger partial charge in [0, 0.05) is 5.56 Å². The number of hydrogen-bond donors (Lipinski definition) is 1. The molecule has 128 valence electrons. The average Bonchev–Trinajstić information content (AvgIpc) is 2.62. The summed E-state index contributed by atoms with van der Waals surface area (Å²) < 4.78 is 10.4. The molecule has 1 amide bonds. The van der Waals surface area contributed by atoms with Crippen LogP contribution in [0.25, 0.3) is 6.08 Å². The van der Waals surface area contributed by atoms with Crippen molar-refractivity contribution in [3.05, 3.63) is 57.6 Å². The molecule has 0 aliphatic carbocycles. The summed E-state index contributed by atoms with van der Waals surface area (Å²) in [6.07, 6.45) is 1.40. The van der Waals surface area contributed by atoms with Crippen molar-refractivity contribution in [2.75, 3.05) is 19.5 Å². The van der Waals surface area contributed by atoms with Crippen molar-refractivity contribution >= 4 is 40.9 Å². The Bertz CT molecular complexity index is 853. The van der Waals surface area contributed by atoms with Crippen LogP contribution in [0.1, 0.15) is 5.56 Å². The fraction of sp³-hybridized carbons (Fsp3) is 0.111. The highest BCUT2D eigenvalue weighted by atomic mass is 35.5. The highest BCUT2D eigenvalue weighted by Crippen LogP contribution is 2.31. The van der Waals surface area contributed by atoms with Gasteiger partial charge in [0.2, 0.25) is 0 Å². The maximum atomic E-state index is 12.4. The molecule has 0 radical (unpaired) electrons. The molecule has 0 aliphatic rings. The topological polar surface area (TPSA) is 71.3 Å². The molecule has 0 heterocycles. The quantitative estimate of drug-likeness (QED) is 0.613. The van der Waals surface area contributed by atoms with Gasteiger partial charge in [-0.05, 0) is 36.4 Å². The Morgan fingerprint density at radius 2 is 1.84 bits per heavy atom. The summed E-state index contributed by atoms with van der Waals surface area (Å²) in [6, 6.07) is 11.8. The molecule has 7 heteroatoms. The molecule has 0 saturated heterocycles. The number of ether oxygens (including phenoxy) is 2. The molecule has 5 nitrogen and oxygen atoms in total. The number of methoxy groups -OCH3 is 2. The van der Waals surface area contributed by atoms with Crippen molar-refractivity contribution in [3.8, 4) is 17.6 Å². The van der Waals surface area contributed by atoms with E-state index in [4.69, 9.17) is 32.7 Å². The smallest absolute Gasteiger partial charge is 0.266 e. The summed E-state index contributed by atoms with van der Waals surface area (Å²) in [5.74, 6) is 0.429. The number of nitriles is 1. The summed E-state index contributed by atoms with van der Waals surface area (Å²) >= 11 is 12.1. The molecule has 0 atom stereocenters. The van der Waals surface area contributed by atoms with Crippen LogP contribution in [0.15, 0.2) is 42.0 Å². The third kappa shape index (κ3) is 4.44. The monoisotopic (exact) mass is 376 g/mol. The van der Waals surface area contributed by atoms with Crippen LogP contribution < -0.4 is 14.8 Å². The summed E-state index contributed by atoms with van der Waals surface area (Å²) in [5, 5.41) is 12.4. The lowest BCUT2D eigenvalue weighted by molar-refractivity contribution is -0.112. The molecule has 0 fully saturated rings. The number of nitrogens with zero attached hydrogens (tertiary/aromatic N) is 1. The minimum Gasteiger partial charge on any atom is -0.497 e. The van der Waals surface area contributed by atoms with Crippen LogP contribution in [0.3, 0.4) is 0 Å². The van der Waals surface area contributed by atoms with E-state index in [1.165, 1.54) is 20.3 Å². The lowest BCUT2D eigenvalue weighted by Gasteiger charge is -2.10. The van der Waals surface area contributed by atoms with Gasteiger partial charge in [0.25, 0.3) is 5.91 Å². The van der Waals surface area contributed by atoms with E-state index in [0.29, 0.717) is 17.1 Å². The van der Waals surface area contributed by atoms with E-state index in [9.17, 15) is 10.1 Å². The van der Waals surface area contributed by atoms with Gasteiger partial charge in [-0.2, -0.15) is 5.26 Å². The summed E-state index contributed by atoms with van der Waals surface area (Å²) in [7, 11) is 3.02. The second-order valence-corrected chi connectivity index (χ2v) is 5.64. The molecule has 2 aromatic carbocycles. The predicted octanol–water partition coefficient (Wildman–Crippen LogP) is 4.56. The Balaban J connectivity index is 2.38. The number of para-hydroxylation sites is 1. The van der Waals surface area contributed by atoms with Crippen molar-refractivity contribution in [2.24, 2.45) is 0 Å². The summed E-state index contributed by atoms with van der Waals surface area (Å²) in [6.45, 7) is 0. The first-order valence-corrected chi connectivity index (χ1v) is 7.85. The molecular weight excluding hydrogens is 363 g/mol. The fourth-order valence-electron chi connectivity index (χ4n) is 2.05. The van der Waals surface area contributed by atoms with Crippen molar-refractivity contribution in [3.63, 3.8) is 0 Å². The van der Waals surface area contributed by atoms with Gasteiger partial charge in [0.1, 0.15) is 23.1 Å². The first kappa shape index (κ1) is 18.7. The highest BCUT2D eigenvalue weighted by Gasteiger charge is 2.15. The number of hydrogen-bond acceptors (Lipinski definition) is 4. The molecule has 25 heavy (non-hydrogen) atoms. The van der Waals surface area contributed by atoms with Crippen molar-refractivity contribution in [1.29, 1.82) is 5.26 Å². The van der Waals surface area contributed by atoms with Crippen molar-refractivity contribution < 1.29 is 14.3 Å². The maximum Gasteiger partial charge on any atom is 0.266 e. The predicted molar refractivity (Wildman–Crippen MR) is 98.2 cm³/mol. The average molecular weight is 377 g/mol. The van der Waals surface area contributed by atoms with Gasteiger partial charge in [-0.1, -0.05) is 29.3 Å². The van der Waals surface area contributed by atoms with Gasteiger partial charge in [0.05, 0.1) is 30.0 Å². The van der Waals surface area contributed by atoms with Crippen LogP contribution in [-0.2, 0) is 4.79 Å². The van der Waals surface area contributed by atoms with E-state index in [0.717, 1.165) is 0 Å². The Kier molecular flexibility index (Phi) is 6.29. The lowest BCUT2D eigenvalue weighted by Crippen LogP contribution is -2.14. The first-order valence-electron chi connectivity index (χ1n) is 7.09. The number of carbonyl (C=O) groups is 1.